The molecule has 0 radical (unpaired) electrons. The lowest BCUT2D eigenvalue weighted by Gasteiger charge is -2.20. The maximum atomic E-state index is 12.3. The van der Waals surface area contributed by atoms with E-state index in [4.69, 9.17) is 9.47 Å². The zero-order chi connectivity index (χ0) is 20.7. The fourth-order valence-corrected chi connectivity index (χ4v) is 3.24. The lowest BCUT2D eigenvalue weighted by Crippen LogP contribution is -2.28. The van der Waals surface area contributed by atoms with Gasteiger partial charge in [-0.3, -0.25) is 4.79 Å². The van der Waals surface area contributed by atoms with Crippen molar-refractivity contribution in [1.29, 1.82) is 5.26 Å². The third-order valence-corrected chi connectivity index (χ3v) is 4.50. The van der Waals surface area contributed by atoms with Crippen LogP contribution in [0.15, 0.2) is 41.4 Å². The Morgan fingerprint density at radius 2 is 1.96 bits per heavy atom. The number of hydrogen-bond acceptors (Lipinski definition) is 7. The van der Waals surface area contributed by atoms with Crippen LogP contribution in [0.2, 0.25) is 0 Å². The lowest BCUT2D eigenvalue weighted by atomic mass is 10.1. The van der Waals surface area contributed by atoms with Crippen molar-refractivity contribution in [1.82, 2.24) is 0 Å². The normalized spacial score (nSPS) is 12.4. The Bertz CT molecular complexity index is 905. The highest BCUT2D eigenvalue weighted by Gasteiger charge is 2.24. The molecule has 6 nitrogen and oxygen atoms in total. The van der Waals surface area contributed by atoms with Crippen LogP contribution in [0.5, 0.6) is 0 Å². The van der Waals surface area contributed by atoms with E-state index in [9.17, 15) is 14.9 Å². The largest absolute Gasteiger partial charge is 0.462 e. The smallest absolute Gasteiger partial charge is 0.341 e. The Morgan fingerprint density at radius 1 is 1.29 bits per heavy atom. The summed E-state index contributed by atoms with van der Waals surface area (Å²) in [7, 11) is 0. The second kappa shape index (κ2) is 9.29. The molecule has 0 N–H and O–H groups in total. The summed E-state index contributed by atoms with van der Waals surface area (Å²) in [6.07, 6.45) is 1.21. The minimum atomic E-state index is -1.17. The topological polar surface area (TPSA) is 88.8 Å². The number of hydrogen-bond donors (Lipinski definition) is 0. The van der Waals surface area contributed by atoms with Crippen molar-refractivity contribution in [3.05, 3.63) is 42.0 Å². The number of thiophene rings is 1. The Morgan fingerprint density at radius 3 is 2.54 bits per heavy atom. The summed E-state index contributed by atoms with van der Waals surface area (Å²) in [6.45, 7) is 7.12. The van der Waals surface area contributed by atoms with Crippen molar-refractivity contribution in [2.24, 2.45) is 10.9 Å². The van der Waals surface area contributed by atoms with Gasteiger partial charge in [0.15, 0.2) is 5.92 Å². The second-order valence-corrected chi connectivity index (χ2v) is 7.87. The van der Waals surface area contributed by atoms with Gasteiger partial charge < -0.3 is 9.47 Å². The number of benzene rings is 1. The van der Waals surface area contributed by atoms with Gasteiger partial charge in [-0.15, -0.1) is 11.3 Å². The molecule has 0 aliphatic rings. The first kappa shape index (κ1) is 21.3. The molecule has 2 rings (SSSR count). The first-order valence-corrected chi connectivity index (χ1v) is 9.60. The zero-order valence-electron chi connectivity index (χ0n) is 16.3. The molecule has 2 aromatic rings. The van der Waals surface area contributed by atoms with Crippen LogP contribution in [0.1, 0.15) is 38.1 Å². The van der Waals surface area contributed by atoms with Crippen molar-refractivity contribution in [3.63, 3.8) is 0 Å². The number of carbonyl (C=O) groups excluding carboxylic acids is 2. The van der Waals surface area contributed by atoms with Gasteiger partial charge in [0.05, 0.1) is 18.2 Å². The van der Waals surface area contributed by atoms with E-state index in [1.54, 1.807) is 33.8 Å². The van der Waals surface area contributed by atoms with E-state index >= 15 is 0 Å². The van der Waals surface area contributed by atoms with Gasteiger partial charge in [0.25, 0.3) is 0 Å². The Hall–Kier alpha value is -2.98. The molecule has 1 atom stereocenters. The summed E-state index contributed by atoms with van der Waals surface area (Å²) in [5.74, 6) is -2.35. The van der Waals surface area contributed by atoms with E-state index in [0.717, 1.165) is 10.4 Å². The monoisotopic (exact) mass is 398 g/mol. The van der Waals surface area contributed by atoms with Gasteiger partial charge in [0.2, 0.25) is 0 Å². The van der Waals surface area contributed by atoms with E-state index in [2.05, 4.69) is 4.99 Å². The predicted octanol–water partition coefficient (Wildman–Crippen LogP) is 4.78. The van der Waals surface area contributed by atoms with Crippen LogP contribution in [-0.4, -0.2) is 30.4 Å². The van der Waals surface area contributed by atoms with E-state index in [1.165, 1.54) is 17.6 Å². The standard InChI is InChI=1S/C21H22N2O4S/c1-5-26-20(25)16-11-17(14-9-7-6-8-10-14)28-18(16)23-13-15(12-22)19(24)27-21(2,3)4/h6-11,13,15H,5H2,1-4H3. The summed E-state index contributed by atoms with van der Waals surface area (Å²) in [5.41, 5.74) is 0.519. The van der Waals surface area contributed by atoms with Gasteiger partial charge in [-0.1, -0.05) is 30.3 Å². The van der Waals surface area contributed by atoms with Crippen LogP contribution >= 0.6 is 11.3 Å². The van der Waals surface area contributed by atoms with Crippen LogP contribution in [0.4, 0.5) is 5.00 Å². The summed E-state index contributed by atoms with van der Waals surface area (Å²) >= 11 is 1.28. The maximum absolute atomic E-state index is 12.3. The number of esters is 2. The second-order valence-electron chi connectivity index (χ2n) is 6.83. The molecule has 0 aliphatic carbocycles. The number of carbonyl (C=O) groups is 2. The summed E-state index contributed by atoms with van der Waals surface area (Å²) < 4.78 is 10.3. The van der Waals surface area contributed by atoms with Crippen molar-refractivity contribution in [2.45, 2.75) is 33.3 Å². The number of nitrogens with zero attached hydrogens (tertiary/aromatic N) is 2. The maximum Gasteiger partial charge on any atom is 0.341 e. The minimum absolute atomic E-state index is 0.233. The summed E-state index contributed by atoms with van der Waals surface area (Å²) in [6, 6.07) is 13.1. The van der Waals surface area contributed by atoms with Crippen molar-refractivity contribution < 1.29 is 19.1 Å². The first-order valence-electron chi connectivity index (χ1n) is 8.78. The Labute approximate surface area is 168 Å². The molecular formula is C21H22N2O4S. The highest BCUT2D eigenvalue weighted by Crippen LogP contribution is 2.37. The summed E-state index contributed by atoms with van der Waals surface area (Å²) in [4.78, 5) is 29.5. The molecule has 146 valence electrons. The van der Waals surface area contributed by atoms with Crippen molar-refractivity contribution in [2.75, 3.05) is 6.61 Å². The van der Waals surface area contributed by atoms with Gasteiger partial charge in [0.1, 0.15) is 10.6 Å². The zero-order valence-corrected chi connectivity index (χ0v) is 17.1. The molecule has 7 heteroatoms. The van der Waals surface area contributed by atoms with Crippen LogP contribution in [0.25, 0.3) is 10.4 Å². The summed E-state index contributed by atoms with van der Waals surface area (Å²) in [5, 5.41) is 9.66. The molecule has 0 saturated heterocycles. The third-order valence-electron chi connectivity index (χ3n) is 3.41. The van der Waals surface area contributed by atoms with Crippen LogP contribution < -0.4 is 0 Å². The number of rotatable bonds is 6. The van der Waals surface area contributed by atoms with Gasteiger partial charge in [-0.2, -0.15) is 5.26 Å². The van der Waals surface area contributed by atoms with Gasteiger partial charge in [0, 0.05) is 11.1 Å². The van der Waals surface area contributed by atoms with Gasteiger partial charge in [-0.05, 0) is 39.3 Å². The molecule has 1 heterocycles. The molecule has 0 saturated carbocycles. The van der Waals surface area contributed by atoms with E-state index < -0.39 is 23.5 Å². The number of aliphatic imine (C=N–C) groups is 1. The van der Waals surface area contributed by atoms with E-state index in [-0.39, 0.29) is 6.61 Å². The molecule has 1 aromatic carbocycles. The van der Waals surface area contributed by atoms with Crippen LogP contribution in [0, 0.1) is 17.2 Å². The fraction of sp³-hybridized carbons (Fsp3) is 0.333. The molecule has 1 unspecified atom stereocenters. The Kier molecular flexibility index (Phi) is 7.07. The average Bonchev–Trinajstić information content (AvgIpc) is 3.06. The molecule has 0 aliphatic heterocycles. The molecule has 0 bridgehead atoms. The highest BCUT2D eigenvalue weighted by molar-refractivity contribution is 7.19. The molecule has 0 amide bonds. The van der Waals surface area contributed by atoms with Crippen molar-refractivity contribution >= 4 is 34.5 Å². The van der Waals surface area contributed by atoms with E-state index in [1.807, 2.05) is 36.4 Å². The molecule has 0 spiro atoms. The molecular weight excluding hydrogens is 376 g/mol. The predicted molar refractivity (Wildman–Crippen MR) is 109 cm³/mol. The third kappa shape index (κ3) is 5.76. The van der Waals surface area contributed by atoms with Crippen LogP contribution in [-0.2, 0) is 14.3 Å². The number of nitriles is 1. The van der Waals surface area contributed by atoms with E-state index in [0.29, 0.717) is 10.6 Å². The average molecular weight is 398 g/mol. The first-order chi connectivity index (χ1) is 13.2. The van der Waals surface area contributed by atoms with Gasteiger partial charge in [-0.25, -0.2) is 9.79 Å². The SMILES string of the molecule is CCOC(=O)c1cc(-c2ccccc2)sc1N=CC(C#N)C(=O)OC(C)(C)C. The molecule has 0 fully saturated rings. The highest BCUT2D eigenvalue weighted by atomic mass is 32.1. The molecule has 28 heavy (non-hydrogen) atoms. The van der Waals surface area contributed by atoms with Crippen LogP contribution in [0.3, 0.4) is 0 Å². The molecule has 1 aromatic heterocycles. The lowest BCUT2D eigenvalue weighted by molar-refractivity contribution is -0.155. The fourth-order valence-electron chi connectivity index (χ4n) is 2.23. The van der Waals surface area contributed by atoms with Gasteiger partial charge >= 0.3 is 11.9 Å². The Balaban J connectivity index is 2.35. The quantitative estimate of drug-likeness (QED) is 0.516. The number of ether oxygens (including phenoxy) is 2. The van der Waals surface area contributed by atoms with Crippen molar-refractivity contribution in [3.8, 4) is 16.5 Å². The minimum Gasteiger partial charge on any atom is -0.462 e.